The monoisotopic (exact) mass is 423 g/mol. The number of halogens is 1. The third kappa shape index (κ3) is 6.31. The fraction of sp³-hybridized carbons (Fsp3) is 0.350. The number of hydrogen-bond donors (Lipinski definition) is 3. The van der Waals surface area contributed by atoms with E-state index < -0.39 is 16.1 Å². The van der Waals surface area contributed by atoms with Gasteiger partial charge in [-0.15, -0.1) is 0 Å². The zero-order chi connectivity index (χ0) is 20.9. The molecule has 2 aromatic rings. The average molecular weight is 424 g/mol. The summed E-state index contributed by atoms with van der Waals surface area (Å²) in [5, 5.41) is 6.65. The summed E-state index contributed by atoms with van der Waals surface area (Å²) in [7, 11) is -3.56. The number of benzene rings is 2. The normalized spacial score (nSPS) is 13.9. The van der Waals surface area contributed by atoms with Gasteiger partial charge in [-0.3, -0.25) is 10.1 Å². The van der Waals surface area contributed by atoms with E-state index in [0.717, 1.165) is 5.56 Å². The number of carbonyl (C=O) groups excluding carboxylic acids is 1. The second-order valence-corrected chi connectivity index (χ2v) is 9.11. The van der Waals surface area contributed by atoms with Crippen LogP contribution < -0.4 is 15.4 Å². The molecule has 0 aliphatic rings. The van der Waals surface area contributed by atoms with Crippen LogP contribution in [0.2, 0.25) is 5.02 Å². The summed E-state index contributed by atoms with van der Waals surface area (Å²) in [6.07, 6.45) is 0. The smallest absolute Gasteiger partial charge is 0.241 e. The Balaban J connectivity index is 1.98. The van der Waals surface area contributed by atoms with Crippen LogP contribution in [-0.4, -0.2) is 26.4 Å². The molecule has 28 heavy (non-hydrogen) atoms. The Morgan fingerprint density at radius 1 is 1.00 bits per heavy atom. The zero-order valence-electron chi connectivity index (χ0n) is 16.4. The molecule has 0 unspecified atom stereocenters. The van der Waals surface area contributed by atoms with Crippen molar-refractivity contribution in [3.05, 3.63) is 59.1 Å². The fourth-order valence-electron chi connectivity index (χ4n) is 2.67. The van der Waals surface area contributed by atoms with Crippen LogP contribution in [0.1, 0.15) is 39.3 Å². The number of nitrogens with one attached hydrogen (secondary N) is 3. The molecule has 0 aliphatic heterocycles. The molecule has 0 spiro atoms. The number of amides is 1. The van der Waals surface area contributed by atoms with Crippen molar-refractivity contribution < 1.29 is 13.2 Å². The molecule has 0 fully saturated rings. The van der Waals surface area contributed by atoms with Gasteiger partial charge in [-0.1, -0.05) is 23.7 Å². The number of rotatable bonds is 8. The van der Waals surface area contributed by atoms with Crippen LogP contribution >= 0.6 is 11.6 Å². The van der Waals surface area contributed by atoms with Crippen LogP contribution in [0, 0.1) is 0 Å². The minimum Gasteiger partial charge on any atom is -0.325 e. The van der Waals surface area contributed by atoms with Crippen molar-refractivity contribution >= 4 is 33.2 Å². The van der Waals surface area contributed by atoms with Crippen molar-refractivity contribution in [2.45, 2.75) is 50.7 Å². The number of carbonyl (C=O) groups is 1. The lowest BCUT2D eigenvalue weighted by Crippen LogP contribution is -2.39. The van der Waals surface area contributed by atoms with Gasteiger partial charge < -0.3 is 5.32 Å². The SMILES string of the molecule is CC(C)NS(=O)(=O)c1ccc(NC(=O)[C@@H](C)N[C@H](C)c2cccc(Cl)c2)cc1. The fourth-order valence-corrected chi connectivity index (χ4v) is 4.12. The minimum absolute atomic E-state index is 0.0610. The highest BCUT2D eigenvalue weighted by Gasteiger charge is 2.18. The lowest BCUT2D eigenvalue weighted by Gasteiger charge is -2.20. The molecule has 0 saturated carbocycles. The maximum Gasteiger partial charge on any atom is 0.241 e. The Bertz CT molecular complexity index is 915. The van der Waals surface area contributed by atoms with Crippen LogP contribution in [0.25, 0.3) is 0 Å². The second-order valence-electron chi connectivity index (χ2n) is 6.95. The van der Waals surface area contributed by atoms with Gasteiger partial charge in [0.25, 0.3) is 0 Å². The highest BCUT2D eigenvalue weighted by Crippen LogP contribution is 2.18. The molecule has 0 heterocycles. The second kappa shape index (κ2) is 9.52. The maximum absolute atomic E-state index is 12.4. The van der Waals surface area contributed by atoms with E-state index in [-0.39, 0.29) is 22.9 Å². The number of sulfonamides is 1. The van der Waals surface area contributed by atoms with Crippen LogP contribution in [-0.2, 0) is 14.8 Å². The van der Waals surface area contributed by atoms with E-state index in [9.17, 15) is 13.2 Å². The van der Waals surface area contributed by atoms with Crippen molar-refractivity contribution in [1.29, 1.82) is 0 Å². The molecular weight excluding hydrogens is 398 g/mol. The summed E-state index contributed by atoms with van der Waals surface area (Å²) >= 11 is 6.01. The van der Waals surface area contributed by atoms with Gasteiger partial charge in [-0.05, 0) is 69.7 Å². The van der Waals surface area contributed by atoms with Gasteiger partial charge >= 0.3 is 0 Å². The molecule has 152 valence electrons. The van der Waals surface area contributed by atoms with Gasteiger partial charge in [0.2, 0.25) is 15.9 Å². The van der Waals surface area contributed by atoms with Crippen LogP contribution in [0.3, 0.4) is 0 Å². The Morgan fingerprint density at radius 2 is 1.64 bits per heavy atom. The molecule has 0 saturated heterocycles. The van der Waals surface area contributed by atoms with Gasteiger partial charge in [0.1, 0.15) is 0 Å². The molecule has 8 heteroatoms. The molecule has 2 aromatic carbocycles. The average Bonchev–Trinajstić information content (AvgIpc) is 2.61. The van der Waals surface area contributed by atoms with Gasteiger partial charge in [-0.25, -0.2) is 13.1 Å². The van der Waals surface area contributed by atoms with E-state index in [4.69, 9.17) is 11.6 Å². The molecular formula is C20H26ClN3O3S. The Hall–Kier alpha value is -1.93. The molecule has 2 atom stereocenters. The first-order chi connectivity index (χ1) is 13.1. The summed E-state index contributed by atoms with van der Waals surface area (Å²) < 4.78 is 26.8. The summed E-state index contributed by atoms with van der Waals surface area (Å²) in [5.74, 6) is -0.218. The summed E-state index contributed by atoms with van der Waals surface area (Å²) in [6.45, 7) is 7.23. The lowest BCUT2D eigenvalue weighted by atomic mass is 10.1. The minimum atomic E-state index is -3.56. The van der Waals surface area contributed by atoms with Crippen molar-refractivity contribution in [3.63, 3.8) is 0 Å². The first kappa shape index (κ1) is 22.4. The van der Waals surface area contributed by atoms with Crippen LogP contribution in [0.15, 0.2) is 53.4 Å². The van der Waals surface area contributed by atoms with Crippen molar-refractivity contribution in [2.75, 3.05) is 5.32 Å². The van der Waals surface area contributed by atoms with E-state index in [1.54, 1.807) is 39.0 Å². The molecule has 3 N–H and O–H groups in total. The molecule has 1 amide bonds. The molecule has 0 radical (unpaired) electrons. The third-order valence-corrected chi connectivity index (χ3v) is 5.97. The van der Waals surface area contributed by atoms with E-state index in [1.165, 1.54) is 12.1 Å². The van der Waals surface area contributed by atoms with E-state index in [0.29, 0.717) is 10.7 Å². The third-order valence-electron chi connectivity index (χ3n) is 4.06. The van der Waals surface area contributed by atoms with Gasteiger partial charge in [0.15, 0.2) is 0 Å². The summed E-state index contributed by atoms with van der Waals surface area (Å²) in [4.78, 5) is 12.6. The molecule has 0 bridgehead atoms. The highest BCUT2D eigenvalue weighted by atomic mass is 35.5. The predicted molar refractivity (Wildman–Crippen MR) is 113 cm³/mol. The molecule has 6 nitrogen and oxygen atoms in total. The Labute approximate surface area is 171 Å². The van der Waals surface area contributed by atoms with Crippen molar-refractivity contribution in [3.8, 4) is 0 Å². The molecule has 0 aromatic heterocycles. The quantitative estimate of drug-likeness (QED) is 0.604. The van der Waals surface area contributed by atoms with Crippen LogP contribution in [0.4, 0.5) is 5.69 Å². The van der Waals surface area contributed by atoms with Crippen molar-refractivity contribution in [1.82, 2.24) is 10.0 Å². The Kier molecular flexibility index (Phi) is 7.60. The van der Waals surface area contributed by atoms with Crippen molar-refractivity contribution in [2.24, 2.45) is 0 Å². The van der Waals surface area contributed by atoms with E-state index in [2.05, 4.69) is 15.4 Å². The number of anilines is 1. The maximum atomic E-state index is 12.4. The van der Waals surface area contributed by atoms with Gasteiger partial charge in [0, 0.05) is 22.8 Å². The first-order valence-corrected chi connectivity index (χ1v) is 10.9. The van der Waals surface area contributed by atoms with Gasteiger partial charge in [-0.2, -0.15) is 0 Å². The first-order valence-electron chi connectivity index (χ1n) is 9.03. The van der Waals surface area contributed by atoms with Crippen LogP contribution in [0.5, 0.6) is 0 Å². The predicted octanol–water partition coefficient (Wildman–Crippen LogP) is 3.70. The standard InChI is InChI=1S/C20H26ClN3O3S/c1-13(2)24-28(26,27)19-10-8-18(9-11-19)23-20(25)15(4)22-14(3)16-6-5-7-17(21)12-16/h5-15,22,24H,1-4H3,(H,23,25)/t14-,15-/m1/s1. The zero-order valence-corrected chi connectivity index (χ0v) is 17.9. The van der Waals surface area contributed by atoms with E-state index >= 15 is 0 Å². The van der Waals surface area contributed by atoms with E-state index in [1.807, 2.05) is 25.1 Å². The lowest BCUT2D eigenvalue weighted by molar-refractivity contribution is -0.117. The summed E-state index contributed by atoms with van der Waals surface area (Å²) in [6, 6.07) is 12.8. The summed E-state index contributed by atoms with van der Waals surface area (Å²) in [5.41, 5.74) is 1.51. The molecule has 2 rings (SSSR count). The topological polar surface area (TPSA) is 87.3 Å². The highest BCUT2D eigenvalue weighted by molar-refractivity contribution is 7.89. The van der Waals surface area contributed by atoms with Gasteiger partial charge in [0.05, 0.1) is 10.9 Å². The largest absolute Gasteiger partial charge is 0.325 e. The number of hydrogen-bond acceptors (Lipinski definition) is 4. The Morgan fingerprint density at radius 3 is 2.21 bits per heavy atom. The molecule has 0 aliphatic carbocycles.